The van der Waals surface area contributed by atoms with Gasteiger partial charge < -0.3 is 20.1 Å². The number of hydrogen-bond acceptors (Lipinski definition) is 5. The predicted molar refractivity (Wildman–Crippen MR) is 72.8 cm³/mol. The van der Waals surface area contributed by atoms with Crippen LogP contribution in [0.25, 0.3) is 0 Å². The quantitative estimate of drug-likeness (QED) is 0.712. The van der Waals surface area contributed by atoms with Crippen molar-refractivity contribution in [2.45, 2.75) is 6.92 Å². The first kappa shape index (κ1) is 15.5. The minimum atomic E-state index is -0.958. The number of carboxylic acids is 1. The van der Waals surface area contributed by atoms with Crippen LogP contribution in [0.2, 0.25) is 0 Å². The number of nitrogens with zero attached hydrogens (tertiary/aromatic N) is 3. The van der Waals surface area contributed by atoms with Gasteiger partial charge in [-0.2, -0.15) is 5.10 Å². The van der Waals surface area contributed by atoms with E-state index in [-0.39, 0.29) is 5.56 Å². The van der Waals surface area contributed by atoms with Crippen LogP contribution in [-0.2, 0) is 11.8 Å². The summed E-state index contributed by atoms with van der Waals surface area (Å²) in [6.45, 7) is 4.67. The van der Waals surface area contributed by atoms with Crippen molar-refractivity contribution in [2.24, 2.45) is 7.05 Å². The van der Waals surface area contributed by atoms with Gasteiger partial charge in [0.05, 0.1) is 12.3 Å². The second-order valence-corrected chi connectivity index (χ2v) is 4.46. The molecule has 0 radical (unpaired) electrons. The molecule has 0 aliphatic heterocycles. The fourth-order valence-electron chi connectivity index (χ4n) is 1.84. The smallest absolute Gasteiger partial charge is 0.341 e. The standard InChI is InChI=1S/C12H22N4O3/c1-9-10(12(17)18)11(16(3)14-9)13-5-6-15(2)7-8-19-4/h13H,5-8H2,1-4H3,(H,17,18). The molecule has 0 spiro atoms. The van der Waals surface area contributed by atoms with E-state index in [1.165, 1.54) is 0 Å². The maximum Gasteiger partial charge on any atom is 0.341 e. The molecule has 1 heterocycles. The Balaban J connectivity index is 2.56. The van der Waals surface area contributed by atoms with Crippen LogP contribution in [0.15, 0.2) is 0 Å². The number of carboxylic acid groups (broad SMARTS) is 1. The molecule has 108 valence electrons. The zero-order chi connectivity index (χ0) is 14.4. The number of anilines is 1. The van der Waals surface area contributed by atoms with Crippen LogP contribution < -0.4 is 5.32 Å². The van der Waals surface area contributed by atoms with E-state index in [9.17, 15) is 4.79 Å². The molecule has 0 saturated carbocycles. The highest BCUT2D eigenvalue weighted by molar-refractivity contribution is 5.94. The van der Waals surface area contributed by atoms with Gasteiger partial charge in [-0.25, -0.2) is 4.79 Å². The zero-order valence-electron chi connectivity index (χ0n) is 11.9. The van der Waals surface area contributed by atoms with Crippen molar-refractivity contribution in [3.05, 3.63) is 11.3 Å². The van der Waals surface area contributed by atoms with E-state index in [0.29, 0.717) is 24.7 Å². The molecule has 1 rings (SSSR count). The fourth-order valence-corrected chi connectivity index (χ4v) is 1.84. The predicted octanol–water partition coefficient (Wildman–Crippen LogP) is 0.417. The third kappa shape index (κ3) is 4.22. The molecule has 0 aliphatic carbocycles. The van der Waals surface area contributed by atoms with Crippen LogP contribution in [0.1, 0.15) is 16.1 Å². The lowest BCUT2D eigenvalue weighted by Crippen LogP contribution is -2.28. The molecule has 0 aliphatic rings. The minimum absolute atomic E-state index is 0.238. The van der Waals surface area contributed by atoms with E-state index >= 15 is 0 Å². The van der Waals surface area contributed by atoms with E-state index in [0.717, 1.165) is 13.1 Å². The summed E-state index contributed by atoms with van der Waals surface area (Å²) in [6.07, 6.45) is 0. The highest BCUT2D eigenvalue weighted by atomic mass is 16.5. The topological polar surface area (TPSA) is 79.6 Å². The van der Waals surface area contributed by atoms with Gasteiger partial charge in [-0.15, -0.1) is 0 Å². The maximum absolute atomic E-state index is 11.2. The Hall–Kier alpha value is -1.60. The molecule has 0 fully saturated rings. The lowest BCUT2D eigenvalue weighted by Gasteiger charge is -2.16. The number of hydrogen-bond donors (Lipinski definition) is 2. The summed E-state index contributed by atoms with van der Waals surface area (Å²) in [5.74, 6) is -0.411. The molecule has 2 N–H and O–H groups in total. The molecule has 19 heavy (non-hydrogen) atoms. The van der Waals surface area contributed by atoms with E-state index in [1.54, 1.807) is 25.8 Å². The molecule has 1 aromatic heterocycles. The molecule has 7 heteroatoms. The van der Waals surface area contributed by atoms with E-state index in [2.05, 4.69) is 15.3 Å². The van der Waals surface area contributed by atoms with E-state index < -0.39 is 5.97 Å². The number of carbonyl (C=O) groups is 1. The Morgan fingerprint density at radius 1 is 1.53 bits per heavy atom. The van der Waals surface area contributed by atoms with Crippen LogP contribution in [0.5, 0.6) is 0 Å². The average Bonchev–Trinajstić information content (AvgIpc) is 2.61. The first-order chi connectivity index (χ1) is 8.97. The van der Waals surface area contributed by atoms with Crippen LogP contribution in [0.3, 0.4) is 0 Å². The Labute approximate surface area is 113 Å². The Morgan fingerprint density at radius 2 is 2.21 bits per heavy atom. The van der Waals surface area contributed by atoms with Crippen molar-refractivity contribution >= 4 is 11.8 Å². The third-order valence-corrected chi connectivity index (χ3v) is 2.90. The number of nitrogens with one attached hydrogen (secondary N) is 1. The summed E-state index contributed by atoms with van der Waals surface area (Å²) in [5, 5.41) is 16.4. The highest BCUT2D eigenvalue weighted by Gasteiger charge is 2.19. The lowest BCUT2D eigenvalue weighted by molar-refractivity contribution is 0.0697. The first-order valence-electron chi connectivity index (χ1n) is 6.15. The largest absolute Gasteiger partial charge is 0.477 e. The number of likely N-dealkylation sites (N-methyl/N-ethyl adjacent to an activating group) is 1. The SMILES string of the molecule is COCCN(C)CCNc1c(C(=O)O)c(C)nn1C. The summed E-state index contributed by atoms with van der Waals surface area (Å²) >= 11 is 0. The molecule has 0 saturated heterocycles. The molecule has 7 nitrogen and oxygen atoms in total. The number of aryl methyl sites for hydroxylation is 2. The normalized spacial score (nSPS) is 11.0. The molecule has 0 aromatic carbocycles. The molecule has 0 atom stereocenters. The number of ether oxygens (including phenoxy) is 1. The van der Waals surface area contributed by atoms with Crippen LogP contribution in [-0.4, -0.2) is 66.2 Å². The van der Waals surface area contributed by atoms with Crippen LogP contribution in [0, 0.1) is 6.92 Å². The molecule has 1 aromatic rings. The molecule has 0 bridgehead atoms. The van der Waals surface area contributed by atoms with Gasteiger partial charge in [0.1, 0.15) is 11.4 Å². The molecular weight excluding hydrogens is 248 g/mol. The van der Waals surface area contributed by atoms with Gasteiger partial charge >= 0.3 is 5.97 Å². The van der Waals surface area contributed by atoms with Crippen molar-refractivity contribution in [1.29, 1.82) is 0 Å². The number of aromatic nitrogens is 2. The molecular formula is C12H22N4O3. The van der Waals surface area contributed by atoms with Gasteiger partial charge in [0.25, 0.3) is 0 Å². The highest BCUT2D eigenvalue weighted by Crippen LogP contribution is 2.18. The van der Waals surface area contributed by atoms with Crippen molar-refractivity contribution in [3.63, 3.8) is 0 Å². The monoisotopic (exact) mass is 270 g/mol. The number of aromatic carboxylic acids is 1. The number of rotatable bonds is 8. The minimum Gasteiger partial charge on any atom is -0.477 e. The summed E-state index contributed by atoms with van der Waals surface area (Å²) in [6, 6.07) is 0. The van der Waals surface area contributed by atoms with Gasteiger partial charge in [-0.05, 0) is 14.0 Å². The number of methoxy groups -OCH3 is 1. The summed E-state index contributed by atoms with van der Waals surface area (Å²) < 4.78 is 6.56. The van der Waals surface area contributed by atoms with Gasteiger partial charge in [-0.3, -0.25) is 4.68 Å². The van der Waals surface area contributed by atoms with E-state index in [4.69, 9.17) is 9.84 Å². The van der Waals surface area contributed by atoms with Crippen molar-refractivity contribution in [3.8, 4) is 0 Å². The third-order valence-electron chi connectivity index (χ3n) is 2.90. The van der Waals surface area contributed by atoms with Gasteiger partial charge in [0.15, 0.2) is 0 Å². The Bertz CT molecular complexity index is 431. The Morgan fingerprint density at radius 3 is 2.79 bits per heavy atom. The van der Waals surface area contributed by atoms with Crippen molar-refractivity contribution in [2.75, 3.05) is 45.7 Å². The van der Waals surface area contributed by atoms with E-state index in [1.807, 2.05) is 7.05 Å². The van der Waals surface area contributed by atoms with Crippen LogP contribution in [0.4, 0.5) is 5.82 Å². The zero-order valence-corrected chi connectivity index (χ0v) is 11.9. The lowest BCUT2D eigenvalue weighted by atomic mass is 10.2. The fraction of sp³-hybridized carbons (Fsp3) is 0.667. The maximum atomic E-state index is 11.2. The van der Waals surface area contributed by atoms with Gasteiger partial charge in [0, 0.05) is 33.8 Å². The molecule has 0 unspecified atom stereocenters. The van der Waals surface area contributed by atoms with Crippen LogP contribution >= 0.6 is 0 Å². The van der Waals surface area contributed by atoms with Gasteiger partial charge in [0.2, 0.25) is 0 Å². The van der Waals surface area contributed by atoms with Crippen molar-refractivity contribution in [1.82, 2.24) is 14.7 Å². The second-order valence-electron chi connectivity index (χ2n) is 4.46. The first-order valence-corrected chi connectivity index (χ1v) is 6.15. The second kappa shape index (κ2) is 7.10. The average molecular weight is 270 g/mol. The summed E-state index contributed by atoms with van der Waals surface area (Å²) in [4.78, 5) is 13.3. The Kier molecular flexibility index (Phi) is 5.78. The summed E-state index contributed by atoms with van der Waals surface area (Å²) in [5.41, 5.74) is 0.757. The summed E-state index contributed by atoms with van der Waals surface area (Å²) in [7, 11) is 5.40. The van der Waals surface area contributed by atoms with Crippen molar-refractivity contribution < 1.29 is 14.6 Å². The van der Waals surface area contributed by atoms with Gasteiger partial charge in [-0.1, -0.05) is 0 Å². The molecule has 0 amide bonds.